The summed E-state index contributed by atoms with van der Waals surface area (Å²) in [6.45, 7) is 4.31. The van der Waals surface area contributed by atoms with Gasteiger partial charge in [-0.05, 0) is 35.7 Å². The molecule has 0 unspecified atom stereocenters. The third-order valence-corrected chi connectivity index (χ3v) is 3.23. The van der Waals surface area contributed by atoms with Gasteiger partial charge >= 0.3 is 0 Å². The Morgan fingerprint density at radius 3 is 1.88 bits per heavy atom. The molecule has 0 saturated carbocycles. The van der Waals surface area contributed by atoms with E-state index in [1.807, 2.05) is 5.38 Å². The highest BCUT2D eigenvalue weighted by Crippen LogP contribution is 2.18. The van der Waals surface area contributed by atoms with Crippen LogP contribution < -0.4 is 0 Å². The maximum Gasteiger partial charge on any atom is 0.0791 e. The van der Waals surface area contributed by atoms with Crippen LogP contribution in [0.3, 0.4) is 0 Å². The molecule has 17 heavy (non-hydrogen) atoms. The molecule has 0 radical (unpaired) electrons. The lowest BCUT2D eigenvalue weighted by Crippen LogP contribution is -1.80. The van der Waals surface area contributed by atoms with Gasteiger partial charge in [-0.2, -0.15) is 0 Å². The molecule has 86 valence electrons. The first-order valence-corrected chi connectivity index (χ1v) is 6.50. The standard InChI is InChI=1S/C12H12.C3H3NS/c1-9-7-11-5-3-4-6-12(11)8-10(9)2;1-2-5-3-4-1/h3-8H,1-2H3;1-3H. The monoisotopic (exact) mass is 241 g/mol. The molecule has 0 aliphatic rings. The highest BCUT2D eigenvalue weighted by atomic mass is 32.1. The number of hydrogen-bond donors (Lipinski definition) is 0. The van der Waals surface area contributed by atoms with Crippen molar-refractivity contribution in [2.75, 3.05) is 0 Å². The quantitative estimate of drug-likeness (QED) is 0.560. The number of nitrogens with zero attached hydrogens (tertiary/aromatic N) is 1. The molecule has 1 aromatic heterocycles. The Hall–Kier alpha value is -1.67. The first-order valence-electron chi connectivity index (χ1n) is 5.55. The van der Waals surface area contributed by atoms with Crippen molar-refractivity contribution in [2.24, 2.45) is 0 Å². The van der Waals surface area contributed by atoms with Crippen LogP contribution in [0.25, 0.3) is 10.8 Å². The zero-order valence-electron chi connectivity index (χ0n) is 10.1. The van der Waals surface area contributed by atoms with Crippen LogP contribution in [0.4, 0.5) is 0 Å². The zero-order valence-corrected chi connectivity index (χ0v) is 10.9. The minimum atomic E-state index is 1.33. The van der Waals surface area contributed by atoms with Crippen molar-refractivity contribution in [3.63, 3.8) is 0 Å². The van der Waals surface area contributed by atoms with Gasteiger partial charge in [-0.25, -0.2) is 0 Å². The molecule has 1 nitrogen and oxygen atoms in total. The smallest absolute Gasteiger partial charge is 0.0791 e. The fourth-order valence-electron chi connectivity index (χ4n) is 1.64. The fourth-order valence-corrected chi connectivity index (χ4v) is 2.00. The Labute approximate surface area is 106 Å². The van der Waals surface area contributed by atoms with Crippen molar-refractivity contribution >= 4 is 22.1 Å². The highest BCUT2D eigenvalue weighted by molar-refractivity contribution is 7.07. The average Bonchev–Trinajstić information content (AvgIpc) is 2.89. The van der Waals surface area contributed by atoms with Crippen molar-refractivity contribution in [2.45, 2.75) is 13.8 Å². The molecule has 0 saturated heterocycles. The molecule has 0 atom stereocenters. The Morgan fingerprint density at radius 1 is 0.941 bits per heavy atom. The summed E-state index contributed by atoms with van der Waals surface area (Å²) in [5.74, 6) is 0. The second-order valence-corrected chi connectivity index (χ2v) is 4.71. The van der Waals surface area contributed by atoms with E-state index < -0.39 is 0 Å². The minimum Gasteiger partial charge on any atom is -0.253 e. The van der Waals surface area contributed by atoms with Gasteiger partial charge in [0.05, 0.1) is 5.51 Å². The number of benzene rings is 2. The van der Waals surface area contributed by atoms with Gasteiger partial charge in [-0.1, -0.05) is 36.4 Å². The van der Waals surface area contributed by atoms with Gasteiger partial charge in [0.15, 0.2) is 0 Å². The third kappa shape index (κ3) is 3.14. The minimum absolute atomic E-state index is 1.33. The molecule has 1 heterocycles. The zero-order chi connectivity index (χ0) is 12.1. The molecule has 0 fully saturated rings. The van der Waals surface area contributed by atoms with Gasteiger partial charge in [0.1, 0.15) is 0 Å². The van der Waals surface area contributed by atoms with Crippen LogP contribution in [-0.2, 0) is 0 Å². The van der Waals surface area contributed by atoms with E-state index in [1.165, 1.54) is 21.9 Å². The number of aromatic nitrogens is 1. The summed E-state index contributed by atoms with van der Waals surface area (Å²) in [6.07, 6.45) is 1.77. The topological polar surface area (TPSA) is 12.9 Å². The van der Waals surface area contributed by atoms with Crippen LogP contribution in [0.15, 0.2) is 53.5 Å². The predicted molar refractivity (Wildman–Crippen MR) is 75.5 cm³/mol. The second-order valence-electron chi connectivity index (χ2n) is 3.96. The maximum absolute atomic E-state index is 3.74. The van der Waals surface area contributed by atoms with Gasteiger partial charge < -0.3 is 0 Å². The molecule has 3 aromatic rings. The lowest BCUT2D eigenvalue weighted by molar-refractivity contribution is 1.37. The number of rotatable bonds is 0. The van der Waals surface area contributed by atoms with Gasteiger partial charge in [-0.15, -0.1) is 11.3 Å². The van der Waals surface area contributed by atoms with Crippen molar-refractivity contribution in [1.82, 2.24) is 4.98 Å². The molecule has 2 heteroatoms. The lowest BCUT2D eigenvalue weighted by atomic mass is 10.0. The van der Waals surface area contributed by atoms with Gasteiger partial charge in [-0.3, -0.25) is 4.98 Å². The summed E-state index contributed by atoms with van der Waals surface area (Å²) >= 11 is 1.60. The fraction of sp³-hybridized carbons (Fsp3) is 0.133. The van der Waals surface area contributed by atoms with Gasteiger partial charge in [0.2, 0.25) is 0 Å². The summed E-state index contributed by atoms with van der Waals surface area (Å²) in [5, 5.41) is 4.60. The SMILES string of the molecule is Cc1cc2ccccc2cc1C.c1cscn1. The molecule has 0 aliphatic heterocycles. The van der Waals surface area contributed by atoms with E-state index in [1.54, 1.807) is 23.0 Å². The first-order chi connectivity index (χ1) is 8.27. The van der Waals surface area contributed by atoms with E-state index in [0.717, 1.165) is 0 Å². The molecule has 0 amide bonds. The van der Waals surface area contributed by atoms with E-state index >= 15 is 0 Å². The molecular weight excluding hydrogens is 226 g/mol. The third-order valence-electron chi connectivity index (χ3n) is 2.71. The Kier molecular flexibility index (Phi) is 3.89. The van der Waals surface area contributed by atoms with E-state index in [4.69, 9.17) is 0 Å². The number of fused-ring (bicyclic) bond motifs is 1. The summed E-state index contributed by atoms with van der Waals surface area (Å²) < 4.78 is 0. The van der Waals surface area contributed by atoms with Crippen LogP contribution in [0.2, 0.25) is 0 Å². The highest BCUT2D eigenvalue weighted by Gasteiger charge is 1.95. The molecule has 3 rings (SSSR count). The Morgan fingerprint density at radius 2 is 1.53 bits per heavy atom. The van der Waals surface area contributed by atoms with Crippen LogP contribution in [0.5, 0.6) is 0 Å². The normalized spacial score (nSPS) is 9.76. The lowest BCUT2D eigenvalue weighted by Gasteiger charge is -2.02. The second kappa shape index (κ2) is 5.60. The Bertz CT molecular complexity index is 527. The molecule has 0 bridgehead atoms. The Balaban J connectivity index is 0.000000181. The van der Waals surface area contributed by atoms with Gasteiger partial charge in [0.25, 0.3) is 0 Å². The average molecular weight is 241 g/mol. The molecule has 0 N–H and O–H groups in total. The molecule has 0 aliphatic carbocycles. The number of aryl methyl sites for hydroxylation is 2. The van der Waals surface area contributed by atoms with Crippen molar-refractivity contribution < 1.29 is 0 Å². The summed E-state index contributed by atoms with van der Waals surface area (Å²) in [7, 11) is 0. The molecule has 2 aromatic carbocycles. The number of hydrogen-bond acceptors (Lipinski definition) is 2. The van der Waals surface area contributed by atoms with E-state index in [0.29, 0.717) is 0 Å². The van der Waals surface area contributed by atoms with Crippen LogP contribution in [0, 0.1) is 13.8 Å². The summed E-state index contributed by atoms with van der Waals surface area (Å²) in [5.41, 5.74) is 4.53. The van der Waals surface area contributed by atoms with Crippen molar-refractivity contribution in [3.05, 3.63) is 64.6 Å². The van der Waals surface area contributed by atoms with E-state index in [2.05, 4.69) is 55.2 Å². The van der Waals surface area contributed by atoms with Crippen LogP contribution in [-0.4, -0.2) is 4.98 Å². The van der Waals surface area contributed by atoms with Crippen molar-refractivity contribution in [1.29, 1.82) is 0 Å². The van der Waals surface area contributed by atoms with Crippen molar-refractivity contribution in [3.8, 4) is 0 Å². The molecule has 0 spiro atoms. The first kappa shape index (κ1) is 11.8. The van der Waals surface area contributed by atoms with Crippen LogP contribution >= 0.6 is 11.3 Å². The molecular formula is C15H15NS. The summed E-state index contributed by atoms with van der Waals surface area (Å²) in [6, 6.07) is 13.0. The van der Waals surface area contributed by atoms with Crippen LogP contribution in [0.1, 0.15) is 11.1 Å². The van der Waals surface area contributed by atoms with E-state index in [9.17, 15) is 0 Å². The van der Waals surface area contributed by atoms with E-state index in [-0.39, 0.29) is 0 Å². The maximum atomic E-state index is 3.74. The predicted octanol–water partition coefficient (Wildman–Crippen LogP) is 4.60. The van der Waals surface area contributed by atoms with Gasteiger partial charge in [0, 0.05) is 11.6 Å². The largest absolute Gasteiger partial charge is 0.253 e. The number of thiazole rings is 1. The summed E-state index contributed by atoms with van der Waals surface area (Å²) in [4.78, 5) is 3.74.